The van der Waals surface area contributed by atoms with E-state index in [4.69, 9.17) is 14.9 Å². The van der Waals surface area contributed by atoms with Crippen LogP contribution in [-0.4, -0.2) is 31.6 Å². The van der Waals surface area contributed by atoms with Crippen molar-refractivity contribution in [1.29, 1.82) is 0 Å². The lowest BCUT2D eigenvalue weighted by atomic mass is 9.94. The Bertz CT molecular complexity index is 1140. The number of anilines is 1. The summed E-state index contributed by atoms with van der Waals surface area (Å²) >= 11 is 0. The summed E-state index contributed by atoms with van der Waals surface area (Å²) in [6.07, 6.45) is 7.04. The highest BCUT2D eigenvalue weighted by molar-refractivity contribution is 7.91. The van der Waals surface area contributed by atoms with Gasteiger partial charge in [0, 0.05) is 16.8 Å². The van der Waals surface area contributed by atoms with Crippen molar-refractivity contribution < 1.29 is 13.7 Å². The quantitative estimate of drug-likeness (QED) is 0.758. The smallest absolute Gasteiger partial charge is 0.354 e. The Hall–Kier alpha value is -2.46. The second kappa shape index (κ2) is 6.78. The second-order valence-electron chi connectivity index (χ2n) is 9.06. The highest BCUT2D eigenvalue weighted by Crippen LogP contribution is 2.37. The van der Waals surface area contributed by atoms with Gasteiger partial charge in [-0.1, -0.05) is 13.8 Å². The van der Waals surface area contributed by atoms with Crippen LogP contribution in [0.5, 0.6) is 5.88 Å². The van der Waals surface area contributed by atoms with Gasteiger partial charge in [0.2, 0.25) is 5.88 Å². The molecule has 5 rings (SSSR count). The fourth-order valence-corrected chi connectivity index (χ4v) is 5.57. The van der Waals surface area contributed by atoms with E-state index in [1.54, 1.807) is 4.68 Å². The number of nitrogens with one attached hydrogen (secondary N) is 1. The lowest BCUT2D eigenvalue weighted by molar-refractivity contribution is 0.0972. The number of pyridine rings is 1. The van der Waals surface area contributed by atoms with E-state index in [2.05, 4.69) is 28.6 Å². The van der Waals surface area contributed by atoms with E-state index in [-0.39, 0.29) is 10.3 Å². The zero-order valence-electron chi connectivity index (χ0n) is 17.2. The van der Waals surface area contributed by atoms with Crippen LogP contribution in [0, 0.1) is 5.41 Å². The number of amides is 2. The van der Waals surface area contributed by atoms with E-state index >= 15 is 0 Å². The molecule has 10 heteroatoms. The summed E-state index contributed by atoms with van der Waals surface area (Å²) in [5.41, 5.74) is 4.97. The molecule has 160 valence electrons. The van der Waals surface area contributed by atoms with Crippen LogP contribution in [0.4, 0.5) is 10.5 Å². The highest BCUT2D eigenvalue weighted by atomic mass is 32.2. The van der Waals surface area contributed by atoms with Gasteiger partial charge in [-0.2, -0.15) is 5.10 Å². The number of fused-ring (bicyclic) bond motifs is 3. The Balaban J connectivity index is 1.47. The molecule has 2 aliphatic carbocycles. The zero-order chi connectivity index (χ0) is 21.1. The summed E-state index contributed by atoms with van der Waals surface area (Å²) in [6.45, 7) is 5.17. The largest absolute Gasteiger partial charge is 0.476 e. The van der Waals surface area contributed by atoms with Crippen molar-refractivity contribution in [3.8, 4) is 5.88 Å². The SMILES string of the molecule is CC1(C)COc2c(S(N)(=O)=NC(=O)Nc3c4c(nc5c3CCC5)CCC4)cnn2C1. The van der Waals surface area contributed by atoms with Crippen molar-refractivity contribution in [1.82, 2.24) is 14.8 Å². The molecule has 3 N–H and O–H groups in total. The van der Waals surface area contributed by atoms with Crippen LogP contribution in [-0.2, 0) is 42.1 Å². The number of hydrogen-bond acceptors (Lipinski definition) is 5. The molecule has 9 nitrogen and oxygen atoms in total. The van der Waals surface area contributed by atoms with Crippen LogP contribution in [0.15, 0.2) is 15.5 Å². The molecule has 0 saturated carbocycles. The fraction of sp³-hybridized carbons (Fsp3) is 0.550. The average molecular weight is 431 g/mol. The third kappa shape index (κ3) is 3.27. The third-order valence-electron chi connectivity index (χ3n) is 5.95. The number of hydrogen-bond donors (Lipinski definition) is 2. The summed E-state index contributed by atoms with van der Waals surface area (Å²) in [5.74, 6) is 0.323. The van der Waals surface area contributed by atoms with E-state index in [1.807, 2.05) is 0 Å². The molecule has 0 radical (unpaired) electrons. The lowest BCUT2D eigenvalue weighted by Crippen LogP contribution is -2.33. The van der Waals surface area contributed by atoms with Crippen molar-refractivity contribution in [2.75, 3.05) is 11.9 Å². The van der Waals surface area contributed by atoms with Gasteiger partial charge in [0.25, 0.3) is 0 Å². The first-order valence-electron chi connectivity index (χ1n) is 10.3. The minimum Gasteiger partial charge on any atom is -0.476 e. The summed E-state index contributed by atoms with van der Waals surface area (Å²) in [5, 5.41) is 13.1. The van der Waals surface area contributed by atoms with Crippen LogP contribution in [0.25, 0.3) is 0 Å². The van der Waals surface area contributed by atoms with Gasteiger partial charge in [-0.25, -0.2) is 18.8 Å². The molecule has 0 aromatic carbocycles. The van der Waals surface area contributed by atoms with E-state index in [1.165, 1.54) is 6.20 Å². The van der Waals surface area contributed by atoms with Crippen LogP contribution >= 0.6 is 0 Å². The number of carbonyl (C=O) groups excluding carboxylic acids is 1. The first-order chi connectivity index (χ1) is 14.2. The maximum atomic E-state index is 13.2. The number of nitrogens with two attached hydrogens (primary N) is 1. The molecule has 3 heterocycles. The topological polar surface area (TPSA) is 124 Å². The molecule has 2 aromatic rings. The number of nitrogens with zero attached hydrogens (tertiary/aromatic N) is 4. The van der Waals surface area contributed by atoms with Gasteiger partial charge in [-0.15, -0.1) is 4.36 Å². The molecular weight excluding hydrogens is 404 g/mol. The predicted octanol–water partition coefficient (Wildman–Crippen LogP) is 2.61. The minimum atomic E-state index is -3.50. The maximum absolute atomic E-state index is 13.2. The molecule has 0 bridgehead atoms. The standard InChI is InChI=1S/C20H26N6O3S/c1-20(2)10-26-18(29-11-20)16(9-22-26)30(21,28)25-19(27)24-17-12-5-3-7-14(12)23-15-8-4-6-13(15)17/h9H,3-8,10-11H2,1-2H3,(H3,21,23,24,25,27,28). The molecule has 0 fully saturated rings. The minimum absolute atomic E-state index is 0.0949. The van der Waals surface area contributed by atoms with Gasteiger partial charge in [0.05, 0.1) is 25.0 Å². The van der Waals surface area contributed by atoms with Gasteiger partial charge < -0.3 is 10.1 Å². The molecule has 0 spiro atoms. The Morgan fingerprint density at radius 3 is 2.57 bits per heavy atom. The van der Waals surface area contributed by atoms with Crippen LogP contribution in [0.2, 0.25) is 0 Å². The molecule has 1 unspecified atom stereocenters. The molecule has 0 saturated heterocycles. The molecular formula is C20H26N6O3S. The third-order valence-corrected chi connectivity index (χ3v) is 7.30. The summed E-state index contributed by atoms with van der Waals surface area (Å²) in [6, 6.07) is -0.715. The number of aryl methyl sites for hydroxylation is 2. The van der Waals surface area contributed by atoms with E-state index in [9.17, 15) is 9.00 Å². The van der Waals surface area contributed by atoms with Crippen LogP contribution in [0.1, 0.15) is 49.2 Å². The van der Waals surface area contributed by atoms with E-state index in [0.29, 0.717) is 19.0 Å². The number of aromatic nitrogens is 3. The zero-order valence-corrected chi connectivity index (χ0v) is 18.0. The number of carbonyl (C=O) groups is 1. The van der Waals surface area contributed by atoms with E-state index < -0.39 is 15.9 Å². The second-order valence-corrected chi connectivity index (χ2v) is 10.8. The lowest BCUT2D eigenvalue weighted by Gasteiger charge is -2.30. The van der Waals surface area contributed by atoms with Crippen LogP contribution in [0.3, 0.4) is 0 Å². The Labute approximate surface area is 175 Å². The fourth-order valence-electron chi connectivity index (χ4n) is 4.57. The maximum Gasteiger partial charge on any atom is 0.354 e. The summed E-state index contributed by atoms with van der Waals surface area (Å²) in [4.78, 5) is 17.7. The van der Waals surface area contributed by atoms with Crippen molar-refractivity contribution in [3.63, 3.8) is 0 Å². The number of urea groups is 1. The van der Waals surface area contributed by atoms with Crippen LogP contribution < -0.4 is 15.2 Å². The highest BCUT2D eigenvalue weighted by Gasteiger charge is 2.32. The summed E-state index contributed by atoms with van der Waals surface area (Å²) < 4.78 is 24.4. The molecule has 3 aliphatic rings. The van der Waals surface area contributed by atoms with Crippen molar-refractivity contribution in [3.05, 3.63) is 28.7 Å². The molecule has 30 heavy (non-hydrogen) atoms. The Kier molecular flexibility index (Phi) is 4.41. The molecule has 1 aliphatic heterocycles. The van der Waals surface area contributed by atoms with Gasteiger partial charge in [-0.05, 0) is 49.7 Å². The number of rotatable bonds is 2. The first-order valence-corrected chi connectivity index (χ1v) is 11.9. The molecule has 1 atom stereocenters. The van der Waals surface area contributed by atoms with Gasteiger partial charge >= 0.3 is 6.03 Å². The molecule has 2 aromatic heterocycles. The van der Waals surface area contributed by atoms with Gasteiger partial charge in [0.1, 0.15) is 4.90 Å². The average Bonchev–Trinajstić information content (AvgIpc) is 3.38. The first kappa shape index (κ1) is 19.5. The monoisotopic (exact) mass is 430 g/mol. The normalized spacial score (nSPS) is 20.5. The Morgan fingerprint density at radius 2 is 1.90 bits per heavy atom. The van der Waals surface area contributed by atoms with Gasteiger partial charge in [0.15, 0.2) is 9.92 Å². The van der Waals surface area contributed by atoms with Gasteiger partial charge in [-0.3, -0.25) is 4.98 Å². The summed E-state index contributed by atoms with van der Waals surface area (Å²) in [7, 11) is -3.50. The predicted molar refractivity (Wildman–Crippen MR) is 112 cm³/mol. The number of ether oxygens (including phenoxy) is 1. The Morgan fingerprint density at radius 1 is 1.23 bits per heavy atom. The van der Waals surface area contributed by atoms with Crippen molar-refractivity contribution in [2.45, 2.75) is 63.8 Å². The van der Waals surface area contributed by atoms with E-state index in [0.717, 1.165) is 66.7 Å². The molecule has 2 amide bonds. The van der Waals surface area contributed by atoms with Crippen molar-refractivity contribution in [2.24, 2.45) is 14.9 Å². The van der Waals surface area contributed by atoms with Crippen molar-refractivity contribution >= 4 is 21.6 Å².